The van der Waals surface area contributed by atoms with Gasteiger partial charge in [-0.15, -0.1) is 5.10 Å². The molecule has 4 rings (SSSR count). The molecule has 4 aromatic heterocycles. The van der Waals surface area contributed by atoms with Gasteiger partial charge in [0.15, 0.2) is 0 Å². The van der Waals surface area contributed by atoms with Crippen LogP contribution in [-0.4, -0.2) is 61.1 Å². The highest BCUT2D eigenvalue weighted by molar-refractivity contribution is 7.98. The maximum absolute atomic E-state index is 13.0. The van der Waals surface area contributed by atoms with Crippen molar-refractivity contribution in [1.82, 2.24) is 34.2 Å². The Balaban J connectivity index is 1.89. The quantitative estimate of drug-likeness (QED) is 0.397. The Morgan fingerprint density at radius 3 is 2.46 bits per heavy atom. The van der Waals surface area contributed by atoms with Gasteiger partial charge in [-0.25, -0.2) is 10.1 Å². The molecule has 0 spiro atoms. The molecule has 0 saturated carbocycles. The number of likely N-dealkylation sites (N-methyl/N-ethyl adjacent to an activating group) is 1. The third kappa shape index (κ3) is 3.20. The molecule has 0 radical (unpaired) electrons. The normalized spacial score (nSPS) is 11.7. The van der Waals surface area contributed by atoms with Gasteiger partial charge in [0, 0.05) is 25.5 Å². The van der Waals surface area contributed by atoms with Crippen molar-refractivity contribution in [2.24, 2.45) is 0 Å². The van der Waals surface area contributed by atoms with Crippen LogP contribution in [0.1, 0.15) is 0 Å². The van der Waals surface area contributed by atoms with E-state index in [9.17, 15) is 9.59 Å². The van der Waals surface area contributed by atoms with Crippen LogP contribution in [0, 0.1) is 0 Å². The lowest BCUT2D eigenvalue weighted by atomic mass is 10.2. The second-order valence-corrected chi connectivity index (χ2v) is 7.38. The van der Waals surface area contributed by atoms with E-state index >= 15 is 0 Å². The van der Waals surface area contributed by atoms with Crippen molar-refractivity contribution in [3.05, 3.63) is 51.3 Å². The molecule has 4 heterocycles. The van der Waals surface area contributed by atoms with E-state index in [1.165, 1.54) is 16.3 Å². The summed E-state index contributed by atoms with van der Waals surface area (Å²) in [5.74, 6) is 0.327. The van der Waals surface area contributed by atoms with Gasteiger partial charge in [-0.05, 0) is 38.6 Å². The maximum Gasteiger partial charge on any atom is 0.266 e. The summed E-state index contributed by atoms with van der Waals surface area (Å²) in [6.07, 6.45) is 5.20. The molecule has 10 heteroatoms. The number of hydrogen-bond donors (Lipinski definition) is 1. The van der Waals surface area contributed by atoms with Gasteiger partial charge in [-0.2, -0.15) is 4.98 Å². The molecule has 0 aliphatic rings. The standard InChI is InChI=1S/C18H19N7O2S/c1-23(2)8-9-24-6-4-13-11(15(24)26)10-12-14(19-13)5-7-25(16(12)27)17-20-18(28-3)22-21-17/h4-7,10H,8-9H2,1-3H3,(H,20,21,22). The fourth-order valence-electron chi connectivity index (χ4n) is 2.95. The summed E-state index contributed by atoms with van der Waals surface area (Å²) in [6, 6.07) is 5.16. The highest BCUT2D eigenvalue weighted by Gasteiger charge is 2.12. The molecule has 0 aliphatic carbocycles. The van der Waals surface area contributed by atoms with E-state index in [1.54, 1.807) is 35.2 Å². The van der Waals surface area contributed by atoms with Crippen molar-refractivity contribution in [3.63, 3.8) is 0 Å². The van der Waals surface area contributed by atoms with E-state index in [1.807, 2.05) is 25.3 Å². The lowest BCUT2D eigenvalue weighted by Crippen LogP contribution is -2.26. The van der Waals surface area contributed by atoms with Crippen LogP contribution in [0.3, 0.4) is 0 Å². The molecule has 28 heavy (non-hydrogen) atoms. The van der Waals surface area contributed by atoms with Crippen molar-refractivity contribution >= 4 is 33.6 Å². The monoisotopic (exact) mass is 397 g/mol. The maximum atomic E-state index is 13.0. The van der Waals surface area contributed by atoms with Gasteiger partial charge in [0.25, 0.3) is 11.1 Å². The topological polar surface area (TPSA) is 102 Å². The summed E-state index contributed by atoms with van der Waals surface area (Å²) >= 11 is 1.38. The average molecular weight is 397 g/mol. The molecule has 4 aromatic rings. The van der Waals surface area contributed by atoms with Gasteiger partial charge >= 0.3 is 0 Å². The summed E-state index contributed by atoms with van der Waals surface area (Å²) in [5.41, 5.74) is 0.635. The highest BCUT2D eigenvalue weighted by Crippen LogP contribution is 2.15. The van der Waals surface area contributed by atoms with Gasteiger partial charge in [0.05, 0.1) is 21.8 Å². The Hall–Kier alpha value is -2.98. The fraction of sp³-hybridized carbons (Fsp3) is 0.278. The van der Waals surface area contributed by atoms with Gasteiger partial charge in [-0.1, -0.05) is 11.8 Å². The number of fused-ring (bicyclic) bond motifs is 2. The SMILES string of the molecule is CSc1n[nH]c(-n2ccc3nc4ccn(CCN(C)C)c(=O)c4cc3c2=O)n1. The van der Waals surface area contributed by atoms with Crippen molar-refractivity contribution in [2.45, 2.75) is 11.7 Å². The molecule has 0 amide bonds. The molecule has 0 unspecified atom stereocenters. The molecule has 144 valence electrons. The molecule has 9 nitrogen and oxygen atoms in total. The van der Waals surface area contributed by atoms with Crippen LogP contribution in [-0.2, 0) is 6.54 Å². The van der Waals surface area contributed by atoms with Crippen LogP contribution >= 0.6 is 11.8 Å². The second kappa shape index (κ2) is 7.21. The first kappa shape index (κ1) is 18.4. The predicted molar refractivity (Wildman–Crippen MR) is 109 cm³/mol. The molecule has 0 bridgehead atoms. The van der Waals surface area contributed by atoms with Crippen LogP contribution in [0.4, 0.5) is 0 Å². The Bertz CT molecular complexity index is 1290. The van der Waals surface area contributed by atoms with Gasteiger partial charge in [0.2, 0.25) is 11.1 Å². The predicted octanol–water partition coefficient (Wildman–Crippen LogP) is 1.10. The first-order chi connectivity index (χ1) is 13.5. The van der Waals surface area contributed by atoms with Crippen LogP contribution in [0.15, 0.2) is 45.3 Å². The third-order valence-corrected chi connectivity index (χ3v) is 5.02. The molecule has 0 aliphatic heterocycles. The summed E-state index contributed by atoms with van der Waals surface area (Å²) in [4.78, 5) is 36.6. The zero-order valence-corrected chi connectivity index (χ0v) is 16.5. The minimum atomic E-state index is -0.307. The lowest BCUT2D eigenvalue weighted by molar-refractivity contribution is 0.381. The molecular weight excluding hydrogens is 378 g/mol. The van der Waals surface area contributed by atoms with E-state index < -0.39 is 0 Å². The smallest absolute Gasteiger partial charge is 0.266 e. The minimum Gasteiger partial charge on any atom is -0.314 e. The number of hydrogen-bond acceptors (Lipinski definition) is 7. The number of thioether (sulfide) groups is 1. The summed E-state index contributed by atoms with van der Waals surface area (Å²) in [7, 11) is 3.91. The Kier molecular flexibility index (Phi) is 4.73. The summed E-state index contributed by atoms with van der Waals surface area (Å²) < 4.78 is 3.01. The second-order valence-electron chi connectivity index (χ2n) is 6.61. The molecular formula is C18H19N7O2S. The Morgan fingerprint density at radius 1 is 1.07 bits per heavy atom. The third-order valence-electron chi connectivity index (χ3n) is 4.47. The number of pyridine rings is 3. The summed E-state index contributed by atoms with van der Waals surface area (Å²) in [6.45, 7) is 1.30. The fourth-order valence-corrected chi connectivity index (χ4v) is 3.27. The first-order valence-electron chi connectivity index (χ1n) is 8.65. The van der Waals surface area contributed by atoms with Crippen molar-refractivity contribution in [2.75, 3.05) is 26.9 Å². The zero-order valence-electron chi connectivity index (χ0n) is 15.7. The number of aromatic amines is 1. The van der Waals surface area contributed by atoms with Gasteiger partial charge in [0.1, 0.15) is 0 Å². The number of rotatable bonds is 5. The van der Waals surface area contributed by atoms with Crippen LogP contribution in [0.5, 0.6) is 0 Å². The van der Waals surface area contributed by atoms with E-state index in [0.717, 1.165) is 6.54 Å². The lowest BCUT2D eigenvalue weighted by Gasteiger charge is -2.12. The summed E-state index contributed by atoms with van der Waals surface area (Å²) in [5, 5.41) is 8.12. The minimum absolute atomic E-state index is 0.159. The van der Waals surface area contributed by atoms with Crippen LogP contribution in [0.2, 0.25) is 0 Å². The van der Waals surface area contributed by atoms with E-state index in [2.05, 4.69) is 20.2 Å². The zero-order chi connectivity index (χ0) is 19.8. The van der Waals surface area contributed by atoms with Gasteiger partial charge in [-0.3, -0.25) is 14.2 Å². The van der Waals surface area contributed by atoms with Crippen molar-refractivity contribution in [1.29, 1.82) is 0 Å². The van der Waals surface area contributed by atoms with E-state index in [-0.39, 0.29) is 11.1 Å². The number of H-pyrrole nitrogens is 1. The van der Waals surface area contributed by atoms with E-state index in [4.69, 9.17) is 0 Å². The molecule has 0 saturated heterocycles. The molecule has 1 N–H and O–H groups in total. The van der Waals surface area contributed by atoms with E-state index in [0.29, 0.717) is 39.5 Å². The molecule has 0 aromatic carbocycles. The van der Waals surface area contributed by atoms with Crippen LogP contribution < -0.4 is 11.1 Å². The Labute approximate surface area is 164 Å². The first-order valence-corrected chi connectivity index (χ1v) is 9.87. The highest BCUT2D eigenvalue weighted by atomic mass is 32.2. The van der Waals surface area contributed by atoms with Crippen molar-refractivity contribution < 1.29 is 0 Å². The Morgan fingerprint density at radius 2 is 1.79 bits per heavy atom. The molecule has 0 fully saturated rings. The van der Waals surface area contributed by atoms with Gasteiger partial charge < -0.3 is 9.47 Å². The number of aromatic nitrogens is 6. The molecule has 0 atom stereocenters. The number of nitrogens with one attached hydrogen (secondary N) is 1. The average Bonchev–Trinajstić information content (AvgIpc) is 3.16. The van der Waals surface area contributed by atoms with Crippen LogP contribution in [0.25, 0.3) is 27.8 Å². The van der Waals surface area contributed by atoms with Crippen molar-refractivity contribution in [3.8, 4) is 5.95 Å². The largest absolute Gasteiger partial charge is 0.314 e. The number of nitrogens with zero attached hydrogens (tertiary/aromatic N) is 6.